The van der Waals surface area contributed by atoms with E-state index in [1.54, 1.807) is 0 Å². The highest BCUT2D eigenvalue weighted by Gasteiger charge is 2.13. The number of nitrogen functional groups attached to an aromatic ring is 1. The number of nitrogens with zero attached hydrogens (tertiary/aromatic N) is 1. The quantitative estimate of drug-likeness (QED) is 0.571. The number of carbonyl (C=O) groups is 1. The molecule has 0 saturated carbocycles. The van der Waals surface area contributed by atoms with Crippen LogP contribution in [0.2, 0.25) is 5.02 Å². The van der Waals surface area contributed by atoms with Crippen molar-refractivity contribution in [3.8, 4) is 0 Å². The highest BCUT2D eigenvalue weighted by atomic mass is 79.9. The molecule has 0 spiro atoms. The smallest absolute Gasteiger partial charge is 0.253 e. The van der Waals surface area contributed by atoms with Gasteiger partial charge in [0.15, 0.2) is 5.82 Å². The third-order valence-corrected chi connectivity index (χ3v) is 3.72. The van der Waals surface area contributed by atoms with E-state index < -0.39 is 0 Å². The Bertz CT molecular complexity index is 665. The molecule has 2 aromatic rings. The van der Waals surface area contributed by atoms with E-state index in [9.17, 15) is 4.79 Å². The molecule has 0 fully saturated rings. The van der Waals surface area contributed by atoms with Crippen LogP contribution in [0.15, 0.2) is 41.0 Å². The summed E-state index contributed by atoms with van der Waals surface area (Å²) in [5.74, 6) is 5.32. The average Bonchev–Trinajstić information content (AvgIpc) is 2.47. The molecule has 4 N–H and O–H groups in total. The molecule has 0 aliphatic carbocycles. The number of benzene rings is 1. The average molecular weight is 370 g/mol. The van der Waals surface area contributed by atoms with Gasteiger partial charge < -0.3 is 10.7 Å². The number of nitrogens with two attached hydrogens (primary N) is 1. The molecular weight excluding hydrogens is 356 g/mol. The number of nitrogens with one attached hydrogen (secondary N) is 2. The van der Waals surface area contributed by atoms with Crippen LogP contribution in [-0.2, 0) is 0 Å². The predicted molar refractivity (Wildman–Crippen MR) is 87.1 cm³/mol. The summed E-state index contributed by atoms with van der Waals surface area (Å²) in [6.07, 6.45) is 1.42. The van der Waals surface area contributed by atoms with Crippen LogP contribution in [0.1, 0.15) is 28.9 Å². The fourth-order valence-corrected chi connectivity index (χ4v) is 2.45. The lowest BCUT2D eigenvalue weighted by Crippen LogP contribution is -2.26. The van der Waals surface area contributed by atoms with Crippen LogP contribution in [0.4, 0.5) is 5.82 Å². The Labute approximate surface area is 136 Å². The van der Waals surface area contributed by atoms with Crippen molar-refractivity contribution in [1.29, 1.82) is 0 Å². The van der Waals surface area contributed by atoms with Crippen LogP contribution in [0.5, 0.6) is 0 Å². The number of hydrogen-bond donors (Lipinski definition) is 3. The fraction of sp³-hybridized carbons (Fsp3) is 0.143. The Balaban J connectivity index is 2.12. The van der Waals surface area contributed by atoms with Crippen LogP contribution in [0, 0.1) is 0 Å². The Hall–Kier alpha value is -1.63. The summed E-state index contributed by atoms with van der Waals surface area (Å²) >= 11 is 9.36. The van der Waals surface area contributed by atoms with Gasteiger partial charge in [-0.05, 0) is 30.7 Å². The minimum atomic E-state index is -0.250. The molecular formula is C14H14BrClN4O. The first-order chi connectivity index (χ1) is 10.0. The van der Waals surface area contributed by atoms with Crippen molar-refractivity contribution in [3.63, 3.8) is 0 Å². The first-order valence-electron chi connectivity index (χ1n) is 6.19. The number of hydrogen-bond acceptors (Lipinski definition) is 4. The van der Waals surface area contributed by atoms with Gasteiger partial charge in [0, 0.05) is 10.7 Å². The van der Waals surface area contributed by atoms with Crippen molar-refractivity contribution < 1.29 is 4.79 Å². The second-order valence-electron chi connectivity index (χ2n) is 4.45. The maximum atomic E-state index is 12.2. The van der Waals surface area contributed by atoms with Crippen molar-refractivity contribution in [2.24, 2.45) is 5.84 Å². The standard InChI is InChI=1S/C14H14BrClN4O/c1-8(9-3-2-4-11(15)5-9)19-14(21)10-6-12(16)13(20-17)18-7-10/h2-8H,17H2,1H3,(H,18,20)(H,19,21). The molecule has 5 nitrogen and oxygen atoms in total. The summed E-state index contributed by atoms with van der Waals surface area (Å²) in [6.45, 7) is 1.91. The van der Waals surface area contributed by atoms with E-state index in [0.717, 1.165) is 10.0 Å². The molecule has 0 bridgehead atoms. The lowest BCUT2D eigenvalue weighted by molar-refractivity contribution is 0.0939. The summed E-state index contributed by atoms with van der Waals surface area (Å²) in [4.78, 5) is 16.2. The molecule has 1 atom stereocenters. The second kappa shape index (κ2) is 6.89. The van der Waals surface area contributed by atoms with Gasteiger partial charge >= 0.3 is 0 Å². The van der Waals surface area contributed by atoms with Gasteiger partial charge in [-0.1, -0.05) is 39.7 Å². The molecule has 1 amide bonds. The molecule has 2 rings (SSSR count). The summed E-state index contributed by atoms with van der Waals surface area (Å²) in [5.41, 5.74) is 3.73. The van der Waals surface area contributed by atoms with E-state index >= 15 is 0 Å². The number of aromatic nitrogens is 1. The monoisotopic (exact) mass is 368 g/mol. The molecule has 0 radical (unpaired) electrons. The van der Waals surface area contributed by atoms with Crippen LogP contribution in [0.3, 0.4) is 0 Å². The first kappa shape index (κ1) is 15.8. The van der Waals surface area contributed by atoms with Gasteiger partial charge in [0.2, 0.25) is 0 Å². The summed E-state index contributed by atoms with van der Waals surface area (Å²) in [6, 6.07) is 9.14. The maximum Gasteiger partial charge on any atom is 0.253 e. The zero-order chi connectivity index (χ0) is 15.4. The van der Waals surface area contributed by atoms with Gasteiger partial charge in [-0.25, -0.2) is 10.8 Å². The number of pyridine rings is 1. The van der Waals surface area contributed by atoms with E-state index in [1.807, 2.05) is 31.2 Å². The molecule has 0 aliphatic rings. The van der Waals surface area contributed by atoms with Crippen LogP contribution in [0.25, 0.3) is 0 Å². The van der Waals surface area contributed by atoms with Gasteiger partial charge in [0.25, 0.3) is 5.91 Å². The number of hydrazine groups is 1. The van der Waals surface area contributed by atoms with Crippen LogP contribution in [-0.4, -0.2) is 10.9 Å². The molecule has 1 heterocycles. The molecule has 0 saturated heterocycles. The Morgan fingerprint density at radius 3 is 2.81 bits per heavy atom. The normalized spacial score (nSPS) is 11.8. The SMILES string of the molecule is CC(NC(=O)c1cnc(NN)c(Cl)c1)c1cccc(Br)c1. The third kappa shape index (κ3) is 3.93. The van der Waals surface area contributed by atoms with Gasteiger partial charge in [0.05, 0.1) is 16.6 Å². The van der Waals surface area contributed by atoms with E-state index in [4.69, 9.17) is 17.4 Å². The van der Waals surface area contributed by atoms with Crippen molar-refractivity contribution in [3.05, 3.63) is 57.2 Å². The van der Waals surface area contributed by atoms with Gasteiger partial charge in [-0.2, -0.15) is 0 Å². The predicted octanol–water partition coefficient (Wildman–Crippen LogP) is 3.27. The summed E-state index contributed by atoms with van der Waals surface area (Å²) in [5, 5.41) is 3.19. The minimum absolute atomic E-state index is 0.138. The number of anilines is 1. The first-order valence-corrected chi connectivity index (χ1v) is 7.37. The Morgan fingerprint density at radius 1 is 1.43 bits per heavy atom. The third-order valence-electron chi connectivity index (χ3n) is 2.94. The molecule has 7 heteroatoms. The van der Waals surface area contributed by atoms with E-state index in [1.165, 1.54) is 12.3 Å². The van der Waals surface area contributed by atoms with Crippen molar-refractivity contribution in [1.82, 2.24) is 10.3 Å². The molecule has 1 aromatic carbocycles. The van der Waals surface area contributed by atoms with Gasteiger partial charge in [-0.3, -0.25) is 4.79 Å². The zero-order valence-electron chi connectivity index (χ0n) is 11.2. The molecule has 1 aromatic heterocycles. The molecule has 0 aliphatic heterocycles. The minimum Gasteiger partial charge on any atom is -0.345 e. The van der Waals surface area contributed by atoms with Crippen molar-refractivity contribution in [2.75, 3.05) is 5.43 Å². The van der Waals surface area contributed by atoms with Gasteiger partial charge in [0.1, 0.15) is 0 Å². The van der Waals surface area contributed by atoms with E-state index in [2.05, 4.69) is 31.7 Å². The van der Waals surface area contributed by atoms with Crippen molar-refractivity contribution >= 4 is 39.3 Å². The van der Waals surface area contributed by atoms with Crippen LogP contribution < -0.4 is 16.6 Å². The Morgan fingerprint density at radius 2 is 2.19 bits per heavy atom. The molecule has 110 valence electrons. The summed E-state index contributed by atoms with van der Waals surface area (Å²) in [7, 11) is 0. The fourth-order valence-electron chi connectivity index (χ4n) is 1.81. The lowest BCUT2D eigenvalue weighted by atomic mass is 10.1. The topological polar surface area (TPSA) is 80.0 Å². The molecule has 21 heavy (non-hydrogen) atoms. The summed E-state index contributed by atoms with van der Waals surface area (Å²) < 4.78 is 0.962. The number of rotatable bonds is 4. The van der Waals surface area contributed by atoms with Gasteiger partial charge in [-0.15, -0.1) is 0 Å². The zero-order valence-corrected chi connectivity index (χ0v) is 13.6. The molecule has 1 unspecified atom stereocenters. The highest BCUT2D eigenvalue weighted by molar-refractivity contribution is 9.10. The largest absolute Gasteiger partial charge is 0.345 e. The maximum absolute atomic E-state index is 12.2. The number of halogens is 2. The van der Waals surface area contributed by atoms with Crippen molar-refractivity contribution in [2.45, 2.75) is 13.0 Å². The number of carbonyl (C=O) groups excluding carboxylic acids is 1. The number of amides is 1. The highest BCUT2D eigenvalue weighted by Crippen LogP contribution is 2.21. The second-order valence-corrected chi connectivity index (χ2v) is 5.77. The van der Waals surface area contributed by atoms with Crippen LogP contribution >= 0.6 is 27.5 Å². The Kier molecular flexibility index (Phi) is 5.17. The van der Waals surface area contributed by atoms with E-state index in [-0.39, 0.29) is 11.9 Å². The van der Waals surface area contributed by atoms with E-state index in [0.29, 0.717) is 16.4 Å². The lowest BCUT2D eigenvalue weighted by Gasteiger charge is -2.15.